The van der Waals surface area contributed by atoms with E-state index < -0.39 is 63.8 Å². The second kappa shape index (κ2) is 18.9. The minimum atomic E-state index is -4.16. The van der Waals surface area contributed by atoms with Crippen molar-refractivity contribution in [2.75, 3.05) is 26.7 Å². The van der Waals surface area contributed by atoms with E-state index in [4.69, 9.17) is 30.0 Å². The van der Waals surface area contributed by atoms with Crippen LogP contribution in [0.25, 0.3) is 0 Å². The molecule has 2 aromatic carbocycles. The summed E-state index contributed by atoms with van der Waals surface area (Å²) in [6.07, 6.45) is 2.46. The maximum Gasteiger partial charge on any atom is 0.336 e. The largest absolute Gasteiger partial charge is 0.481 e. The summed E-state index contributed by atoms with van der Waals surface area (Å²) >= 11 is 0.990. The summed E-state index contributed by atoms with van der Waals surface area (Å²) in [6.45, 7) is 3.72. The van der Waals surface area contributed by atoms with Crippen molar-refractivity contribution in [3.05, 3.63) is 82.5 Å². The van der Waals surface area contributed by atoms with Crippen LogP contribution in [-0.4, -0.2) is 101 Å². The van der Waals surface area contributed by atoms with Gasteiger partial charge in [0.25, 0.3) is 10.0 Å². The third-order valence-electron chi connectivity index (χ3n) is 8.74. The molecule has 0 spiro atoms. The van der Waals surface area contributed by atoms with Crippen molar-refractivity contribution >= 4 is 51.8 Å². The van der Waals surface area contributed by atoms with Crippen molar-refractivity contribution in [2.24, 2.45) is 4.58 Å². The number of sulfonamides is 1. The first-order chi connectivity index (χ1) is 25.3. The highest BCUT2D eigenvalue weighted by atomic mass is 32.2. The number of benzene rings is 2. The van der Waals surface area contributed by atoms with Gasteiger partial charge < -0.3 is 34.9 Å². The van der Waals surface area contributed by atoms with Gasteiger partial charge in [0.2, 0.25) is 5.91 Å². The third-order valence-corrected chi connectivity index (χ3v) is 11.2. The molecule has 0 aromatic heterocycles. The number of piperidine rings is 1. The average molecular weight is 795 g/mol. The van der Waals surface area contributed by atoms with E-state index in [2.05, 4.69) is 15.0 Å². The molecule has 54 heavy (non-hydrogen) atoms. The molecule has 6 N–H and O–H groups in total. The van der Waals surface area contributed by atoms with Gasteiger partial charge in [-0.25, -0.2) is 17.9 Å². The van der Waals surface area contributed by atoms with E-state index in [1.807, 2.05) is 49.0 Å². The normalized spacial score (nSPS) is 18.0. The molecular weight excluding hydrogens is 753 g/mol. The number of aliphatic hydroxyl groups is 1. The Balaban J connectivity index is 0.000000515. The van der Waals surface area contributed by atoms with Gasteiger partial charge in [0.15, 0.2) is 5.60 Å². The lowest BCUT2D eigenvalue weighted by Gasteiger charge is -2.37. The Morgan fingerprint density at radius 3 is 2.15 bits per heavy atom. The summed E-state index contributed by atoms with van der Waals surface area (Å²) < 4.78 is 35.6. The first kappa shape index (κ1) is 43.5. The van der Waals surface area contributed by atoms with Gasteiger partial charge in [0.05, 0.1) is 30.8 Å². The van der Waals surface area contributed by atoms with Crippen LogP contribution in [0.1, 0.15) is 61.6 Å². The molecule has 2 aliphatic rings. The Morgan fingerprint density at radius 1 is 1.00 bits per heavy atom. The van der Waals surface area contributed by atoms with Crippen molar-refractivity contribution in [3.8, 4) is 0 Å². The SMILES string of the molecule is Cc1cccc(C2(c3ccc(S(=O)(=O)NC(=O)CCC(=O)OCCC4(SN=O)CCN(C)CC4)cc3)C=CON2)c1.O=C(O)CC(O)(CC(=O)O)C(=O)O. The molecule has 0 aliphatic carbocycles. The van der Waals surface area contributed by atoms with Crippen LogP contribution < -0.4 is 10.2 Å². The van der Waals surface area contributed by atoms with E-state index >= 15 is 0 Å². The van der Waals surface area contributed by atoms with Crippen LogP contribution in [0, 0.1) is 11.8 Å². The quantitative estimate of drug-likeness (QED) is 0.0762. The van der Waals surface area contributed by atoms with Crippen LogP contribution in [0.3, 0.4) is 0 Å². The van der Waals surface area contributed by atoms with E-state index in [-0.39, 0.29) is 29.1 Å². The van der Waals surface area contributed by atoms with E-state index in [9.17, 15) is 37.3 Å². The van der Waals surface area contributed by atoms with Crippen LogP contribution in [0.2, 0.25) is 0 Å². The molecule has 2 heterocycles. The summed E-state index contributed by atoms with van der Waals surface area (Å²) in [5, 5.41) is 33.8. The lowest BCUT2D eigenvalue weighted by molar-refractivity contribution is -0.170. The molecule has 1 atom stereocenters. The van der Waals surface area contributed by atoms with E-state index in [0.29, 0.717) is 6.42 Å². The number of aliphatic carboxylic acids is 3. The van der Waals surface area contributed by atoms with Gasteiger partial charge in [-0.1, -0.05) is 42.0 Å². The maximum absolute atomic E-state index is 12.8. The van der Waals surface area contributed by atoms with Crippen LogP contribution >= 0.6 is 11.9 Å². The number of nitrogens with zero attached hydrogens (tertiary/aromatic N) is 2. The lowest BCUT2D eigenvalue weighted by Crippen LogP contribution is -2.42. The minimum Gasteiger partial charge on any atom is -0.481 e. The number of rotatable bonds is 17. The standard InChI is InChI=1S/C28H34N4O7S2.C6H8O7/c1-21-4-3-5-23(20-21)28(15-19-39-30-28)22-6-8-24(9-7-22)41(36,37)29-25(33)10-11-26(34)38-18-14-27(40-31-35)12-16-32(2)17-13-27;7-3(8)1-6(13,5(11)12)2-4(9)10/h3-9,15,19-20,30H,10-14,16-18H2,1-2H3,(H,29,33);13H,1-2H2,(H,7,8)(H,9,10)(H,11,12). The van der Waals surface area contributed by atoms with E-state index in [1.165, 1.54) is 18.4 Å². The fourth-order valence-corrected chi connectivity index (χ4v) is 7.38. The number of esters is 1. The highest BCUT2D eigenvalue weighted by molar-refractivity contribution is 7.99. The molecule has 294 valence electrons. The summed E-state index contributed by atoms with van der Waals surface area (Å²) in [5.74, 6) is -6.45. The molecule has 0 radical (unpaired) electrons. The number of hydrogen-bond acceptors (Lipinski definition) is 15. The number of aryl methyl sites for hydroxylation is 1. The molecular formula is C34H42N4O14S2. The Kier molecular flexibility index (Phi) is 15.3. The van der Waals surface area contributed by atoms with Crippen molar-refractivity contribution < 1.29 is 62.4 Å². The predicted molar refractivity (Wildman–Crippen MR) is 192 cm³/mol. The Bertz CT molecular complexity index is 1810. The number of nitrogens with one attached hydrogen (secondary N) is 2. The zero-order valence-corrected chi connectivity index (χ0v) is 31.1. The molecule has 4 rings (SSSR count). The number of carbonyl (C=O) groups is 5. The number of amides is 1. The number of likely N-dealkylation sites (tertiary alicyclic amines) is 1. The summed E-state index contributed by atoms with van der Waals surface area (Å²) in [4.78, 5) is 73.3. The topological polar surface area (TPSA) is 276 Å². The second-order valence-corrected chi connectivity index (χ2v) is 15.7. The maximum atomic E-state index is 12.8. The highest BCUT2D eigenvalue weighted by Gasteiger charge is 2.41. The molecule has 20 heteroatoms. The molecule has 0 saturated carbocycles. The number of carboxylic acid groups (broad SMARTS) is 3. The van der Waals surface area contributed by atoms with Crippen molar-refractivity contribution in [1.82, 2.24) is 15.1 Å². The molecule has 18 nitrogen and oxygen atoms in total. The third kappa shape index (κ3) is 12.1. The predicted octanol–water partition coefficient (Wildman–Crippen LogP) is 2.44. The number of hydroxylamine groups is 1. The molecule has 1 amide bonds. The molecule has 2 aromatic rings. The number of ether oxygens (including phenoxy) is 1. The first-order valence-electron chi connectivity index (χ1n) is 16.4. The summed E-state index contributed by atoms with van der Waals surface area (Å²) in [5.41, 5.74) is 2.18. The van der Waals surface area contributed by atoms with E-state index in [1.54, 1.807) is 12.1 Å². The van der Waals surface area contributed by atoms with E-state index in [0.717, 1.165) is 54.6 Å². The number of carboxylic acids is 3. The molecule has 2 aliphatic heterocycles. The summed E-state index contributed by atoms with van der Waals surface area (Å²) in [7, 11) is -2.15. The van der Waals surface area contributed by atoms with Gasteiger partial charge in [-0.2, -0.15) is 0 Å². The van der Waals surface area contributed by atoms with Crippen LogP contribution in [-0.2, 0) is 49.1 Å². The monoisotopic (exact) mass is 794 g/mol. The molecule has 0 bridgehead atoms. The zero-order chi connectivity index (χ0) is 40.2. The van der Waals surface area contributed by atoms with Gasteiger partial charge in [-0.15, -0.1) is 10.4 Å². The van der Waals surface area contributed by atoms with Gasteiger partial charge in [-0.3, -0.25) is 19.2 Å². The lowest BCUT2D eigenvalue weighted by atomic mass is 9.83. The van der Waals surface area contributed by atoms with Crippen molar-refractivity contribution in [3.63, 3.8) is 0 Å². The molecule has 1 saturated heterocycles. The average Bonchev–Trinajstić information content (AvgIpc) is 3.60. The van der Waals surface area contributed by atoms with Crippen LogP contribution in [0.5, 0.6) is 0 Å². The van der Waals surface area contributed by atoms with Crippen LogP contribution in [0.4, 0.5) is 0 Å². The van der Waals surface area contributed by atoms with Crippen LogP contribution in [0.15, 0.2) is 70.3 Å². The number of nitroso groups, excluding NO2 is 1. The van der Waals surface area contributed by atoms with Crippen molar-refractivity contribution in [1.29, 1.82) is 0 Å². The Hall–Kier alpha value is -4.89. The van der Waals surface area contributed by atoms with Gasteiger partial charge in [0.1, 0.15) is 11.8 Å². The highest BCUT2D eigenvalue weighted by Crippen LogP contribution is 2.39. The second-order valence-electron chi connectivity index (χ2n) is 12.9. The molecule has 1 fully saturated rings. The zero-order valence-electron chi connectivity index (χ0n) is 29.4. The van der Waals surface area contributed by atoms with Gasteiger partial charge in [0, 0.05) is 27.7 Å². The first-order valence-corrected chi connectivity index (χ1v) is 18.7. The Morgan fingerprint density at radius 2 is 1.63 bits per heavy atom. The van der Waals surface area contributed by atoms with Crippen molar-refractivity contribution in [2.45, 2.75) is 72.7 Å². The minimum absolute atomic E-state index is 0.0934. The van der Waals surface area contributed by atoms with Gasteiger partial charge in [-0.05, 0) is 75.7 Å². The number of carbonyl (C=O) groups excluding carboxylic acids is 2. The smallest absolute Gasteiger partial charge is 0.336 e. The fraction of sp³-hybridized carbons (Fsp3) is 0.441. The van der Waals surface area contributed by atoms with Gasteiger partial charge >= 0.3 is 23.9 Å². The Labute approximate surface area is 315 Å². The number of hydrogen-bond donors (Lipinski definition) is 6. The fourth-order valence-electron chi connectivity index (χ4n) is 5.67. The molecule has 1 unspecified atom stereocenters. The summed E-state index contributed by atoms with van der Waals surface area (Å²) in [6, 6.07) is 14.0.